The van der Waals surface area contributed by atoms with Crippen LogP contribution >= 0.6 is 24.0 Å². The molecule has 2 N–H and O–H groups in total. The standard InChI is InChI=1S/C19H28N4O2.HI/c1-4-20-19(21-10-13-23-11-6-7-12-23)22-15-16-8-9-17(25-5-2)18(14-16)24-3;/h6-9,11-12,14H,4-5,10,13,15H2,1-3H3,(H2,20,21,22);1H. The molecule has 0 aliphatic carbocycles. The molecule has 2 rings (SSSR count). The van der Waals surface area contributed by atoms with E-state index in [4.69, 9.17) is 9.47 Å². The van der Waals surface area contributed by atoms with Gasteiger partial charge in [-0.1, -0.05) is 6.07 Å². The molecule has 2 aromatic rings. The number of rotatable bonds is 9. The molecular weight excluding hydrogens is 443 g/mol. The number of halogens is 1. The Labute approximate surface area is 173 Å². The van der Waals surface area contributed by atoms with Crippen molar-refractivity contribution >= 4 is 29.9 Å². The summed E-state index contributed by atoms with van der Waals surface area (Å²) in [6.07, 6.45) is 4.11. The van der Waals surface area contributed by atoms with Crippen LogP contribution in [0.4, 0.5) is 0 Å². The summed E-state index contributed by atoms with van der Waals surface area (Å²) in [6.45, 7) is 7.73. The lowest BCUT2D eigenvalue weighted by atomic mass is 10.2. The molecule has 1 aromatic carbocycles. The van der Waals surface area contributed by atoms with Crippen LogP contribution in [0.3, 0.4) is 0 Å². The number of hydrogen-bond acceptors (Lipinski definition) is 3. The Kier molecular flexibility index (Phi) is 10.6. The van der Waals surface area contributed by atoms with Crippen molar-refractivity contribution in [2.75, 3.05) is 26.8 Å². The van der Waals surface area contributed by atoms with E-state index in [2.05, 4.69) is 39.5 Å². The number of benzene rings is 1. The number of ether oxygens (including phenoxy) is 2. The lowest BCUT2D eigenvalue weighted by Gasteiger charge is -2.13. The minimum absolute atomic E-state index is 0. The zero-order valence-electron chi connectivity index (χ0n) is 15.7. The van der Waals surface area contributed by atoms with E-state index in [0.29, 0.717) is 13.2 Å². The second kappa shape index (κ2) is 12.5. The van der Waals surface area contributed by atoms with E-state index in [1.165, 1.54) is 0 Å². The molecule has 0 saturated heterocycles. The summed E-state index contributed by atoms with van der Waals surface area (Å²) in [5, 5.41) is 6.62. The number of guanidine groups is 1. The van der Waals surface area contributed by atoms with E-state index in [0.717, 1.165) is 42.7 Å². The maximum absolute atomic E-state index is 5.55. The van der Waals surface area contributed by atoms with Crippen LogP contribution in [0, 0.1) is 0 Å². The molecule has 0 aliphatic rings. The van der Waals surface area contributed by atoms with E-state index < -0.39 is 0 Å². The van der Waals surface area contributed by atoms with E-state index in [1.807, 2.05) is 37.3 Å². The molecule has 0 bridgehead atoms. The minimum atomic E-state index is 0. The van der Waals surface area contributed by atoms with Crippen LogP contribution in [0.25, 0.3) is 0 Å². The Morgan fingerprint density at radius 3 is 2.54 bits per heavy atom. The number of nitrogens with one attached hydrogen (secondary N) is 2. The Morgan fingerprint density at radius 2 is 1.88 bits per heavy atom. The Hall–Kier alpha value is -1.90. The van der Waals surface area contributed by atoms with Crippen molar-refractivity contribution in [3.05, 3.63) is 48.3 Å². The minimum Gasteiger partial charge on any atom is -0.493 e. The molecule has 26 heavy (non-hydrogen) atoms. The van der Waals surface area contributed by atoms with Crippen molar-refractivity contribution in [1.29, 1.82) is 0 Å². The first-order valence-electron chi connectivity index (χ1n) is 8.69. The highest BCUT2D eigenvalue weighted by atomic mass is 127. The van der Waals surface area contributed by atoms with Crippen LogP contribution in [-0.4, -0.2) is 37.3 Å². The van der Waals surface area contributed by atoms with Gasteiger partial charge in [-0.05, 0) is 43.7 Å². The van der Waals surface area contributed by atoms with Crippen LogP contribution < -0.4 is 20.1 Å². The largest absolute Gasteiger partial charge is 0.493 e. The summed E-state index contributed by atoms with van der Waals surface area (Å²) >= 11 is 0. The highest BCUT2D eigenvalue weighted by Gasteiger charge is 2.05. The van der Waals surface area contributed by atoms with Crippen LogP contribution in [0.1, 0.15) is 19.4 Å². The van der Waals surface area contributed by atoms with Crippen molar-refractivity contribution in [3.8, 4) is 11.5 Å². The molecule has 6 nitrogen and oxygen atoms in total. The molecule has 1 aromatic heterocycles. The van der Waals surface area contributed by atoms with Gasteiger partial charge in [0.2, 0.25) is 0 Å². The van der Waals surface area contributed by atoms with Crippen LogP contribution in [0.5, 0.6) is 11.5 Å². The first-order valence-corrected chi connectivity index (χ1v) is 8.69. The summed E-state index contributed by atoms with van der Waals surface area (Å²) in [5.74, 6) is 2.30. The molecule has 0 radical (unpaired) electrons. The third-order valence-electron chi connectivity index (χ3n) is 3.62. The predicted molar refractivity (Wildman–Crippen MR) is 117 cm³/mol. The molecular formula is C19H29IN4O2. The van der Waals surface area contributed by atoms with Gasteiger partial charge in [0.25, 0.3) is 0 Å². The number of aromatic nitrogens is 1. The fourth-order valence-electron chi connectivity index (χ4n) is 2.42. The SMILES string of the molecule is CCNC(=NCc1ccc(OCC)c(OC)c1)NCCn1cccc1.I. The van der Waals surface area contributed by atoms with Gasteiger partial charge in [-0.15, -0.1) is 24.0 Å². The van der Waals surface area contributed by atoms with Gasteiger partial charge in [0.15, 0.2) is 17.5 Å². The normalized spacial score (nSPS) is 10.8. The Bertz CT molecular complexity index is 660. The lowest BCUT2D eigenvalue weighted by Crippen LogP contribution is -2.38. The van der Waals surface area contributed by atoms with Crippen molar-refractivity contribution < 1.29 is 9.47 Å². The lowest BCUT2D eigenvalue weighted by molar-refractivity contribution is 0.310. The molecule has 0 atom stereocenters. The number of hydrogen-bond donors (Lipinski definition) is 2. The van der Waals surface area contributed by atoms with Crippen LogP contribution in [0.15, 0.2) is 47.7 Å². The fraction of sp³-hybridized carbons (Fsp3) is 0.421. The quantitative estimate of drug-likeness (QED) is 0.334. The van der Waals surface area contributed by atoms with Gasteiger partial charge in [0.1, 0.15) is 0 Å². The molecule has 0 amide bonds. The maximum atomic E-state index is 5.55. The van der Waals surface area contributed by atoms with Crippen LogP contribution in [-0.2, 0) is 13.1 Å². The topological polar surface area (TPSA) is 59.8 Å². The third-order valence-corrected chi connectivity index (χ3v) is 3.62. The highest BCUT2D eigenvalue weighted by molar-refractivity contribution is 14.0. The van der Waals surface area contributed by atoms with Gasteiger partial charge in [-0.25, -0.2) is 4.99 Å². The van der Waals surface area contributed by atoms with Gasteiger partial charge in [0, 0.05) is 32.0 Å². The monoisotopic (exact) mass is 472 g/mol. The maximum Gasteiger partial charge on any atom is 0.191 e. The van der Waals surface area contributed by atoms with E-state index in [9.17, 15) is 0 Å². The van der Waals surface area contributed by atoms with Crippen molar-refractivity contribution in [2.24, 2.45) is 4.99 Å². The van der Waals surface area contributed by atoms with Gasteiger partial charge in [-0.3, -0.25) is 0 Å². The average molecular weight is 472 g/mol. The van der Waals surface area contributed by atoms with Gasteiger partial charge >= 0.3 is 0 Å². The molecule has 0 spiro atoms. The predicted octanol–water partition coefficient (Wildman–Crippen LogP) is 3.27. The molecule has 7 heteroatoms. The first-order chi connectivity index (χ1) is 12.3. The molecule has 0 aliphatic heterocycles. The van der Waals surface area contributed by atoms with Crippen molar-refractivity contribution in [3.63, 3.8) is 0 Å². The van der Waals surface area contributed by atoms with E-state index >= 15 is 0 Å². The van der Waals surface area contributed by atoms with Gasteiger partial charge < -0.3 is 24.7 Å². The number of methoxy groups -OCH3 is 1. The summed E-state index contributed by atoms with van der Waals surface area (Å²) in [6, 6.07) is 9.97. The highest BCUT2D eigenvalue weighted by Crippen LogP contribution is 2.28. The second-order valence-electron chi connectivity index (χ2n) is 5.46. The van der Waals surface area contributed by atoms with Gasteiger partial charge in [-0.2, -0.15) is 0 Å². The summed E-state index contributed by atoms with van der Waals surface area (Å²) in [5.41, 5.74) is 1.07. The summed E-state index contributed by atoms with van der Waals surface area (Å²) in [4.78, 5) is 4.64. The number of nitrogens with zero attached hydrogens (tertiary/aromatic N) is 2. The van der Waals surface area contributed by atoms with Crippen molar-refractivity contribution in [2.45, 2.75) is 26.9 Å². The molecule has 0 fully saturated rings. The number of aliphatic imine (C=N–C) groups is 1. The van der Waals surface area contributed by atoms with Crippen LogP contribution in [0.2, 0.25) is 0 Å². The van der Waals surface area contributed by atoms with Gasteiger partial charge in [0.05, 0.1) is 20.3 Å². The third kappa shape index (κ3) is 7.15. The second-order valence-corrected chi connectivity index (χ2v) is 5.46. The molecule has 0 unspecified atom stereocenters. The zero-order chi connectivity index (χ0) is 17.9. The fourth-order valence-corrected chi connectivity index (χ4v) is 2.42. The smallest absolute Gasteiger partial charge is 0.191 e. The van der Waals surface area contributed by atoms with E-state index in [-0.39, 0.29) is 24.0 Å². The molecule has 0 saturated carbocycles. The first kappa shape index (κ1) is 22.1. The van der Waals surface area contributed by atoms with Crippen molar-refractivity contribution in [1.82, 2.24) is 15.2 Å². The Morgan fingerprint density at radius 1 is 1.12 bits per heavy atom. The summed E-state index contributed by atoms with van der Waals surface area (Å²) in [7, 11) is 1.65. The molecule has 1 heterocycles. The molecule has 144 valence electrons. The summed E-state index contributed by atoms with van der Waals surface area (Å²) < 4.78 is 13.1. The van der Waals surface area contributed by atoms with E-state index in [1.54, 1.807) is 7.11 Å². The average Bonchev–Trinajstić information content (AvgIpc) is 3.14. The Balaban J connectivity index is 0.00000338. The zero-order valence-corrected chi connectivity index (χ0v) is 18.0.